The summed E-state index contributed by atoms with van der Waals surface area (Å²) in [4.78, 5) is 0. The molecule has 2 aromatic rings. The Kier molecular flexibility index (Phi) is 5.81. The topological polar surface area (TPSA) is 0 Å². The van der Waals surface area contributed by atoms with Gasteiger partial charge in [0.05, 0.1) is 0 Å². The van der Waals surface area contributed by atoms with Crippen LogP contribution in [-0.4, -0.2) is 0 Å². The smallest absolute Gasteiger partial charge is 0.0470 e. The lowest BCUT2D eigenvalue weighted by Gasteiger charge is -2.20. The molecule has 0 saturated heterocycles. The molecule has 0 bridgehead atoms. The van der Waals surface area contributed by atoms with Crippen LogP contribution in [0, 0.1) is 27.7 Å². The minimum absolute atomic E-state index is 0.412. The van der Waals surface area contributed by atoms with E-state index in [9.17, 15) is 0 Å². The molecule has 2 aromatic carbocycles. The average molecular weight is 349 g/mol. The van der Waals surface area contributed by atoms with Gasteiger partial charge in [-0.25, -0.2) is 0 Å². The summed E-state index contributed by atoms with van der Waals surface area (Å²) < 4.78 is 0. The van der Waals surface area contributed by atoms with E-state index < -0.39 is 0 Å². The standard InChI is InChI=1S/C21H26Cl2/c1-7-18-12(2)8-17(21(23)16(18)6)9-13(3)19-10-15(5)20(22)11-14(19)4/h8,10-11,13H,7,9H2,1-6H3. The van der Waals surface area contributed by atoms with E-state index >= 15 is 0 Å². The Morgan fingerprint density at radius 2 is 1.57 bits per heavy atom. The second-order valence-corrected chi connectivity index (χ2v) is 7.47. The van der Waals surface area contributed by atoms with Crippen LogP contribution in [0.1, 0.15) is 58.7 Å². The maximum Gasteiger partial charge on any atom is 0.0470 e. The lowest BCUT2D eigenvalue weighted by atomic mass is 9.87. The van der Waals surface area contributed by atoms with Crippen LogP contribution in [0.2, 0.25) is 10.0 Å². The van der Waals surface area contributed by atoms with Gasteiger partial charge in [-0.05, 0) is 91.5 Å². The Balaban J connectivity index is 2.38. The Morgan fingerprint density at radius 1 is 0.913 bits per heavy atom. The number of hydrogen-bond acceptors (Lipinski definition) is 0. The minimum Gasteiger partial charge on any atom is -0.0840 e. The molecule has 0 radical (unpaired) electrons. The van der Waals surface area contributed by atoms with Crippen molar-refractivity contribution in [3.63, 3.8) is 0 Å². The van der Waals surface area contributed by atoms with E-state index in [1.165, 1.54) is 33.4 Å². The molecular weight excluding hydrogens is 323 g/mol. The first kappa shape index (κ1) is 18.4. The fourth-order valence-corrected chi connectivity index (χ4v) is 4.01. The minimum atomic E-state index is 0.412. The third-order valence-corrected chi connectivity index (χ3v) is 5.82. The van der Waals surface area contributed by atoms with Crippen molar-refractivity contribution in [1.29, 1.82) is 0 Å². The third kappa shape index (κ3) is 3.75. The highest BCUT2D eigenvalue weighted by Gasteiger charge is 2.16. The second kappa shape index (κ2) is 7.28. The van der Waals surface area contributed by atoms with Gasteiger partial charge in [0.1, 0.15) is 0 Å². The lowest BCUT2D eigenvalue weighted by molar-refractivity contribution is 0.750. The van der Waals surface area contributed by atoms with E-state index in [-0.39, 0.29) is 0 Å². The molecule has 0 spiro atoms. The first-order chi connectivity index (χ1) is 10.8. The molecule has 2 heteroatoms. The van der Waals surface area contributed by atoms with E-state index in [4.69, 9.17) is 23.2 Å². The number of benzene rings is 2. The molecule has 0 aromatic heterocycles. The van der Waals surface area contributed by atoms with Crippen LogP contribution >= 0.6 is 23.2 Å². The highest BCUT2D eigenvalue weighted by molar-refractivity contribution is 6.32. The first-order valence-corrected chi connectivity index (χ1v) is 9.05. The molecule has 0 fully saturated rings. The molecule has 0 aliphatic heterocycles. The summed E-state index contributed by atoms with van der Waals surface area (Å²) >= 11 is 12.9. The predicted octanol–water partition coefficient (Wildman–Crippen LogP) is 7.14. The summed E-state index contributed by atoms with van der Waals surface area (Å²) in [6, 6.07) is 6.56. The molecule has 124 valence electrons. The Morgan fingerprint density at radius 3 is 2.17 bits per heavy atom. The monoisotopic (exact) mass is 348 g/mol. The van der Waals surface area contributed by atoms with E-state index in [0.29, 0.717) is 5.92 Å². The van der Waals surface area contributed by atoms with Crippen molar-refractivity contribution in [1.82, 2.24) is 0 Å². The van der Waals surface area contributed by atoms with Gasteiger partial charge < -0.3 is 0 Å². The summed E-state index contributed by atoms with van der Waals surface area (Å²) in [7, 11) is 0. The van der Waals surface area contributed by atoms with Crippen LogP contribution in [-0.2, 0) is 12.8 Å². The molecule has 1 atom stereocenters. The van der Waals surface area contributed by atoms with Crippen molar-refractivity contribution in [2.24, 2.45) is 0 Å². The van der Waals surface area contributed by atoms with E-state index in [1.807, 2.05) is 0 Å². The van der Waals surface area contributed by atoms with Crippen LogP contribution in [0.3, 0.4) is 0 Å². The van der Waals surface area contributed by atoms with Crippen LogP contribution in [0.15, 0.2) is 18.2 Å². The van der Waals surface area contributed by atoms with Crippen LogP contribution in [0.5, 0.6) is 0 Å². The zero-order valence-corrected chi connectivity index (χ0v) is 16.5. The van der Waals surface area contributed by atoms with Gasteiger partial charge in [-0.15, -0.1) is 0 Å². The maximum absolute atomic E-state index is 6.66. The summed E-state index contributed by atoms with van der Waals surface area (Å²) in [6.07, 6.45) is 1.98. The van der Waals surface area contributed by atoms with Gasteiger partial charge in [0.25, 0.3) is 0 Å². The number of aryl methyl sites for hydroxylation is 3. The molecule has 0 N–H and O–H groups in total. The Hall–Kier alpha value is -0.980. The van der Waals surface area contributed by atoms with Crippen molar-refractivity contribution in [3.8, 4) is 0 Å². The molecule has 23 heavy (non-hydrogen) atoms. The molecule has 0 nitrogen and oxygen atoms in total. The van der Waals surface area contributed by atoms with Crippen LogP contribution in [0.4, 0.5) is 0 Å². The normalized spacial score (nSPS) is 12.5. The highest BCUT2D eigenvalue weighted by atomic mass is 35.5. The molecule has 0 heterocycles. The SMILES string of the molecule is CCc1c(C)cc(CC(C)c2cc(C)c(Cl)cc2C)c(Cl)c1C. The molecule has 0 amide bonds. The second-order valence-electron chi connectivity index (χ2n) is 6.69. The van der Waals surface area contributed by atoms with Crippen molar-refractivity contribution in [2.45, 2.75) is 60.3 Å². The zero-order valence-electron chi connectivity index (χ0n) is 15.0. The Labute approximate surface area is 150 Å². The number of rotatable bonds is 4. The number of hydrogen-bond donors (Lipinski definition) is 0. The Bertz CT molecular complexity index is 729. The van der Waals surface area contributed by atoms with Gasteiger partial charge in [0.2, 0.25) is 0 Å². The van der Waals surface area contributed by atoms with Gasteiger partial charge in [-0.1, -0.05) is 49.2 Å². The summed E-state index contributed by atoms with van der Waals surface area (Å²) in [5.74, 6) is 0.412. The van der Waals surface area contributed by atoms with E-state index in [2.05, 4.69) is 59.7 Å². The van der Waals surface area contributed by atoms with Crippen molar-refractivity contribution in [2.75, 3.05) is 0 Å². The van der Waals surface area contributed by atoms with Gasteiger partial charge >= 0.3 is 0 Å². The van der Waals surface area contributed by atoms with Gasteiger partial charge in [0, 0.05) is 10.0 Å². The van der Waals surface area contributed by atoms with Crippen molar-refractivity contribution < 1.29 is 0 Å². The summed E-state index contributed by atoms with van der Waals surface area (Å²) in [5, 5.41) is 1.78. The van der Waals surface area contributed by atoms with Gasteiger partial charge in [-0.2, -0.15) is 0 Å². The molecule has 0 saturated carbocycles. The number of halogens is 2. The molecule has 2 rings (SSSR count). The van der Waals surface area contributed by atoms with E-state index in [1.54, 1.807) is 0 Å². The van der Waals surface area contributed by atoms with Crippen molar-refractivity contribution in [3.05, 3.63) is 67.2 Å². The molecule has 1 unspecified atom stereocenters. The van der Waals surface area contributed by atoms with Crippen LogP contribution in [0.25, 0.3) is 0 Å². The summed E-state index contributed by atoms with van der Waals surface area (Å²) in [5.41, 5.74) is 8.96. The predicted molar refractivity (Wildman–Crippen MR) is 103 cm³/mol. The lowest BCUT2D eigenvalue weighted by Crippen LogP contribution is -2.05. The average Bonchev–Trinajstić information content (AvgIpc) is 2.48. The van der Waals surface area contributed by atoms with Crippen LogP contribution < -0.4 is 0 Å². The van der Waals surface area contributed by atoms with Gasteiger partial charge in [-0.3, -0.25) is 0 Å². The molecule has 0 aliphatic rings. The fourth-order valence-electron chi connectivity index (χ4n) is 3.55. The highest BCUT2D eigenvalue weighted by Crippen LogP contribution is 2.33. The van der Waals surface area contributed by atoms with E-state index in [0.717, 1.165) is 28.5 Å². The maximum atomic E-state index is 6.66. The fraction of sp³-hybridized carbons (Fsp3) is 0.429. The third-order valence-electron chi connectivity index (χ3n) is 4.89. The summed E-state index contributed by atoms with van der Waals surface area (Å²) in [6.45, 7) is 13.0. The van der Waals surface area contributed by atoms with Gasteiger partial charge in [0.15, 0.2) is 0 Å². The van der Waals surface area contributed by atoms with Crippen molar-refractivity contribution >= 4 is 23.2 Å². The molecule has 0 aliphatic carbocycles. The largest absolute Gasteiger partial charge is 0.0840 e. The molecular formula is C21H26Cl2. The quantitative estimate of drug-likeness (QED) is 0.550. The zero-order chi connectivity index (χ0) is 17.3. The first-order valence-electron chi connectivity index (χ1n) is 8.30.